The molecular formula is C22H20ClN3O2S. The van der Waals surface area contributed by atoms with Gasteiger partial charge in [-0.25, -0.2) is 4.98 Å². The fourth-order valence-corrected chi connectivity index (χ4v) is 5.56. The normalized spacial score (nSPS) is 19.5. The van der Waals surface area contributed by atoms with Crippen LogP contribution in [-0.2, 0) is 4.79 Å². The van der Waals surface area contributed by atoms with Crippen molar-refractivity contribution in [2.45, 2.75) is 31.7 Å². The first kappa shape index (κ1) is 18.6. The van der Waals surface area contributed by atoms with E-state index >= 15 is 0 Å². The summed E-state index contributed by atoms with van der Waals surface area (Å²) in [5.74, 6) is 0.0290. The van der Waals surface area contributed by atoms with Crippen molar-refractivity contribution in [3.05, 3.63) is 58.1 Å². The van der Waals surface area contributed by atoms with Gasteiger partial charge in [0.2, 0.25) is 5.91 Å². The van der Waals surface area contributed by atoms with Crippen molar-refractivity contribution in [2.75, 3.05) is 18.0 Å². The molecule has 1 aromatic heterocycles. The van der Waals surface area contributed by atoms with Crippen molar-refractivity contribution in [3.63, 3.8) is 0 Å². The third-order valence-corrected chi connectivity index (χ3v) is 7.12. The van der Waals surface area contributed by atoms with Crippen molar-refractivity contribution in [3.8, 4) is 0 Å². The highest BCUT2D eigenvalue weighted by molar-refractivity contribution is 7.18. The number of amides is 2. The van der Waals surface area contributed by atoms with E-state index < -0.39 is 0 Å². The van der Waals surface area contributed by atoms with Crippen LogP contribution < -0.4 is 4.90 Å². The standard InChI is InChI=1S/C22H20ClN3O2S/c23-15-10-9-14(13-18(15)25-11-4-8-20(25)27)22(28)26-12-3-6-17(26)21-24-16-5-1-2-7-19(16)29-21/h1-2,5,7,9-10,13,17H,3-4,6,8,11-12H2. The summed E-state index contributed by atoms with van der Waals surface area (Å²) in [4.78, 5) is 33.9. The van der Waals surface area contributed by atoms with Gasteiger partial charge in [-0.1, -0.05) is 23.7 Å². The van der Waals surface area contributed by atoms with E-state index in [-0.39, 0.29) is 17.9 Å². The van der Waals surface area contributed by atoms with Gasteiger partial charge < -0.3 is 9.80 Å². The number of nitrogens with zero attached hydrogens (tertiary/aromatic N) is 3. The number of benzene rings is 2. The zero-order valence-corrected chi connectivity index (χ0v) is 17.4. The molecule has 0 bridgehead atoms. The molecule has 0 aliphatic carbocycles. The lowest BCUT2D eigenvalue weighted by Crippen LogP contribution is -2.31. The molecular weight excluding hydrogens is 406 g/mol. The Morgan fingerprint density at radius 3 is 2.79 bits per heavy atom. The lowest BCUT2D eigenvalue weighted by Gasteiger charge is -2.24. The highest BCUT2D eigenvalue weighted by Gasteiger charge is 2.33. The Bertz CT molecular complexity index is 1080. The first-order valence-electron chi connectivity index (χ1n) is 9.88. The van der Waals surface area contributed by atoms with Crippen LogP contribution in [0.25, 0.3) is 10.2 Å². The zero-order valence-electron chi connectivity index (χ0n) is 15.8. The van der Waals surface area contributed by atoms with Gasteiger partial charge in [0.15, 0.2) is 0 Å². The summed E-state index contributed by atoms with van der Waals surface area (Å²) in [6.45, 7) is 1.36. The molecule has 0 radical (unpaired) electrons. The van der Waals surface area contributed by atoms with Crippen molar-refractivity contribution < 1.29 is 9.59 Å². The van der Waals surface area contributed by atoms with Crippen LogP contribution in [0.2, 0.25) is 5.02 Å². The number of rotatable bonds is 3. The Labute approximate surface area is 177 Å². The first-order valence-corrected chi connectivity index (χ1v) is 11.1. The lowest BCUT2D eigenvalue weighted by atomic mass is 10.1. The summed E-state index contributed by atoms with van der Waals surface area (Å²) in [6, 6.07) is 13.3. The van der Waals surface area contributed by atoms with Gasteiger partial charge in [-0.3, -0.25) is 9.59 Å². The molecule has 1 unspecified atom stereocenters. The van der Waals surface area contributed by atoms with Crippen molar-refractivity contribution in [1.82, 2.24) is 9.88 Å². The molecule has 2 saturated heterocycles. The zero-order chi connectivity index (χ0) is 20.0. The minimum Gasteiger partial charge on any atom is -0.329 e. The van der Waals surface area contributed by atoms with Crippen LogP contribution in [-0.4, -0.2) is 34.8 Å². The average molecular weight is 426 g/mol. The Morgan fingerprint density at radius 1 is 1.14 bits per heavy atom. The average Bonchev–Trinajstić information content (AvgIpc) is 3.46. The van der Waals surface area contributed by atoms with Crippen LogP contribution in [0.4, 0.5) is 5.69 Å². The van der Waals surface area contributed by atoms with E-state index in [9.17, 15) is 9.59 Å². The van der Waals surface area contributed by atoms with Gasteiger partial charge in [0, 0.05) is 25.1 Å². The van der Waals surface area contributed by atoms with Gasteiger partial charge in [-0.15, -0.1) is 11.3 Å². The van der Waals surface area contributed by atoms with Crippen LogP contribution in [0.1, 0.15) is 47.1 Å². The number of halogens is 1. The number of hydrogen-bond acceptors (Lipinski definition) is 4. The van der Waals surface area contributed by atoms with E-state index in [0.29, 0.717) is 35.8 Å². The Kier molecular flexibility index (Phi) is 4.76. The molecule has 5 nitrogen and oxygen atoms in total. The van der Waals surface area contributed by atoms with Crippen LogP contribution in [0.15, 0.2) is 42.5 Å². The molecule has 7 heteroatoms. The number of carbonyl (C=O) groups is 2. The quantitative estimate of drug-likeness (QED) is 0.589. The van der Waals surface area contributed by atoms with Gasteiger partial charge in [0.1, 0.15) is 5.01 Å². The van der Waals surface area contributed by atoms with Gasteiger partial charge in [-0.05, 0) is 49.6 Å². The molecule has 148 valence electrons. The second kappa shape index (κ2) is 7.43. The molecule has 2 aromatic carbocycles. The molecule has 3 aromatic rings. The maximum atomic E-state index is 13.4. The van der Waals surface area contributed by atoms with E-state index in [0.717, 1.165) is 34.5 Å². The highest BCUT2D eigenvalue weighted by atomic mass is 35.5. The van der Waals surface area contributed by atoms with Gasteiger partial charge in [0.25, 0.3) is 5.91 Å². The summed E-state index contributed by atoms with van der Waals surface area (Å²) < 4.78 is 1.14. The van der Waals surface area contributed by atoms with Crippen LogP contribution in [0.3, 0.4) is 0 Å². The fraction of sp³-hybridized carbons (Fsp3) is 0.318. The summed E-state index contributed by atoms with van der Waals surface area (Å²) in [6.07, 6.45) is 3.22. The molecule has 3 heterocycles. The van der Waals surface area contributed by atoms with Crippen LogP contribution in [0.5, 0.6) is 0 Å². The van der Waals surface area contributed by atoms with Crippen LogP contribution in [0, 0.1) is 0 Å². The smallest absolute Gasteiger partial charge is 0.254 e. The molecule has 2 fully saturated rings. The third kappa shape index (κ3) is 3.30. The number of aromatic nitrogens is 1. The van der Waals surface area contributed by atoms with Gasteiger partial charge in [-0.2, -0.15) is 0 Å². The number of fused-ring (bicyclic) bond motifs is 1. The third-order valence-electron chi connectivity index (χ3n) is 5.67. The maximum absolute atomic E-state index is 13.4. The minimum absolute atomic E-state index is 0.00699. The molecule has 2 aliphatic rings. The second-order valence-corrected chi connectivity index (χ2v) is 8.96. The molecule has 0 saturated carbocycles. The molecule has 0 N–H and O–H groups in total. The molecule has 1 atom stereocenters. The van der Waals surface area contributed by atoms with Crippen molar-refractivity contribution in [2.24, 2.45) is 0 Å². The largest absolute Gasteiger partial charge is 0.329 e. The highest BCUT2D eigenvalue weighted by Crippen LogP contribution is 2.38. The van der Waals surface area contributed by atoms with Gasteiger partial charge in [0.05, 0.1) is 27.0 Å². The number of para-hydroxylation sites is 1. The SMILES string of the molecule is O=C1CCCN1c1cc(C(=O)N2CCCC2c2nc3ccccc3s2)ccc1Cl. The fourth-order valence-electron chi connectivity index (χ4n) is 4.22. The molecule has 2 aliphatic heterocycles. The van der Waals surface area contributed by atoms with Crippen molar-refractivity contribution in [1.29, 1.82) is 0 Å². The Hall–Kier alpha value is -2.44. The maximum Gasteiger partial charge on any atom is 0.254 e. The van der Waals surface area contributed by atoms with E-state index in [2.05, 4.69) is 6.07 Å². The Balaban J connectivity index is 1.45. The second-order valence-electron chi connectivity index (χ2n) is 7.49. The van der Waals surface area contributed by atoms with Crippen molar-refractivity contribution >= 4 is 50.7 Å². The number of likely N-dealkylation sites (tertiary alicyclic amines) is 1. The molecule has 0 spiro atoms. The number of thiazole rings is 1. The monoisotopic (exact) mass is 425 g/mol. The minimum atomic E-state index is -0.0312. The van der Waals surface area contributed by atoms with E-state index in [4.69, 9.17) is 16.6 Å². The summed E-state index contributed by atoms with van der Waals surface area (Å²) in [5.41, 5.74) is 2.18. The topological polar surface area (TPSA) is 53.5 Å². The first-order chi connectivity index (χ1) is 14.1. The Morgan fingerprint density at radius 2 is 2.00 bits per heavy atom. The van der Waals surface area contributed by atoms with E-state index in [1.807, 2.05) is 23.1 Å². The molecule has 2 amide bonds. The lowest BCUT2D eigenvalue weighted by molar-refractivity contribution is -0.117. The molecule has 5 rings (SSSR count). The van der Waals surface area contributed by atoms with Gasteiger partial charge >= 0.3 is 0 Å². The number of carbonyl (C=O) groups excluding carboxylic acids is 2. The summed E-state index contributed by atoms with van der Waals surface area (Å²) in [5, 5.41) is 1.49. The summed E-state index contributed by atoms with van der Waals surface area (Å²) in [7, 11) is 0. The number of anilines is 1. The van der Waals surface area contributed by atoms with Crippen LogP contribution >= 0.6 is 22.9 Å². The predicted octanol–water partition coefficient (Wildman–Crippen LogP) is 5.05. The van der Waals surface area contributed by atoms with E-state index in [1.54, 1.807) is 34.4 Å². The predicted molar refractivity (Wildman–Crippen MR) is 116 cm³/mol. The molecule has 29 heavy (non-hydrogen) atoms. The summed E-state index contributed by atoms with van der Waals surface area (Å²) >= 11 is 8.01. The number of hydrogen-bond donors (Lipinski definition) is 0. The van der Waals surface area contributed by atoms with E-state index in [1.165, 1.54) is 0 Å².